The number of anilines is 1. The lowest BCUT2D eigenvalue weighted by Crippen LogP contribution is -2.41. The average Bonchev–Trinajstić information content (AvgIpc) is 3.05. The van der Waals surface area contributed by atoms with Crippen molar-refractivity contribution >= 4 is 21.6 Å². The predicted octanol–water partition coefficient (Wildman–Crippen LogP) is 2.39. The van der Waals surface area contributed by atoms with Gasteiger partial charge in [-0.25, -0.2) is 8.42 Å². The van der Waals surface area contributed by atoms with Gasteiger partial charge in [-0.1, -0.05) is 31.0 Å². The van der Waals surface area contributed by atoms with Crippen molar-refractivity contribution in [2.75, 3.05) is 24.5 Å². The van der Waals surface area contributed by atoms with E-state index in [2.05, 4.69) is 0 Å². The molecule has 1 aromatic heterocycles. The van der Waals surface area contributed by atoms with Gasteiger partial charge in [0.25, 0.3) is 5.56 Å². The maximum atomic E-state index is 13.1. The number of carbonyl (C=O) groups is 1. The van der Waals surface area contributed by atoms with Crippen LogP contribution >= 0.6 is 0 Å². The molecule has 0 spiro atoms. The Kier molecular flexibility index (Phi) is 6.06. The molecule has 0 saturated carbocycles. The fourth-order valence-electron chi connectivity index (χ4n) is 4.28. The highest BCUT2D eigenvalue weighted by Crippen LogP contribution is 2.27. The van der Waals surface area contributed by atoms with Crippen LogP contribution in [0.5, 0.6) is 0 Å². The van der Waals surface area contributed by atoms with Crippen molar-refractivity contribution < 1.29 is 13.2 Å². The number of pyridine rings is 1. The minimum absolute atomic E-state index is 0.184. The molecule has 2 aliphatic rings. The Balaban J connectivity index is 1.60. The first-order valence-corrected chi connectivity index (χ1v) is 12.0. The molecule has 1 amide bonds. The van der Waals surface area contributed by atoms with E-state index >= 15 is 0 Å². The van der Waals surface area contributed by atoms with E-state index in [9.17, 15) is 18.0 Å². The maximum Gasteiger partial charge on any atom is 0.271 e. The first-order valence-electron chi connectivity index (χ1n) is 10.6. The van der Waals surface area contributed by atoms with Crippen LogP contribution in [0.2, 0.25) is 0 Å². The van der Waals surface area contributed by atoms with Crippen LogP contribution in [0.3, 0.4) is 0 Å². The van der Waals surface area contributed by atoms with Gasteiger partial charge in [-0.15, -0.1) is 0 Å². The molecule has 160 valence electrons. The molecule has 8 heteroatoms. The molecule has 0 radical (unpaired) electrons. The van der Waals surface area contributed by atoms with E-state index in [1.807, 2.05) is 24.3 Å². The van der Waals surface area contributed by atoms with E-state index in [1.54, 1.807) is 4.90 Å². The number of rotatable bonds is 4. The summed E-state index contributed by atoms with van der Waals surface area (Å²) in [6.45, 7) is 1.27. The molecule has 3 heterocycles. The standard InChI is InChI=1S/C22H27N3O4S/c26-21(25-16-7-10-18-9-3-4-11-19(18)25)17-23-13-8-12-20(22(23)27)30(28,29)24-14-5-1-2-6-15-24/h3-4,8-9,11-13H,1-2,5-7,10,14-17H2. The second-order valence-corrected chi connectivity index (χ2v) is 9.81. The second-order valence-electron chi connectivity index (χ2n) is 7.90. The molecule has 0 unspecified atom stereocenters. The smallest absolute Gasteiger partial charge is 0.271 e. The number of nitrogens with zero attached hydrogens (tertiary/aromatic N) is 3. The van der Waals surface area contributed by atoms with Crippen molar-refractivity contribution in [3.8, 4) is 0 Å². The number of sulfonamides is 1. The van der Waals surface area contributed by atoms with Crippen LogP contribution in [0.4, 0.5) is 5.69 Å². The summed E-state index contributed by atoms with van der Waals surface area (Å²) in [4.78, 5) is 27.4. The van der Waals surface area contributed by atoms with Crippen LogP contribution in [0.15, 0.2) is 52.3 Å². The van der Waals surface area contributed by atoms with E-state index in [4.69, 9.17) is 0 Å². The Hall–Kier alpha value is -2.45. The van der Waals surface area contributed by atoms with Gasteiger partial charge in [0.15, 0.2) is 0 Å². The van der Waals surface area contributed by atoms with Gasteiger partial charge in [-0.3, -0.25) is 9.59 Å². The Morgan fingerprint density at radius 1 is 0.900 bits per heavy atom. The summed E-state index contributed by atoms with van der Waals surface area (Å²) in [7, 11) is -3.87. The zero-order valence-electron chi connectivity index (χ0n) is 17.0. The molecule has 0 N–H and O–H groups in total. The first kappa shape index (κ1) is 20.8. The van der Waals surface area contributed by atoms with Crippen LogP contribution < -0.4 is 10.5 Å². The SMILES string of the molecule is O=C(Cn1cccc(S(=O)(=O)N2CCCCCC2)c1=O)N1CCCc2ccccc21. The van der Waals surface area contributed by atoms with Gasteiger partial charge < -0.3 is 9.47 Å². The number of aryl methyl sites for hydroxylation is 1. The Morgan fingerprint density at radius 3 is 2.40 bits per heavy atom. The number of benzene rings is 1. The molecule has 2 aromatic rings. The minimum atomic E-state index is -3.87. The van der Waals surface area contributed by atoms with E-state index in [0.29, 0.717) is 19.6 Å². The fraction of sp³-hybridized carbons (Fsp3) is 0.455. The average molecular weight is 430 g/mol. The zero-order valence-corrected chi connectivity index (χ0v) is 17.8. The lowest BCUT2D eigenvalue weighted by atomic mass is 10.0. The summed E-state index contributed by atoms with van der Waals surface area (Å²) < 4.78 is 28.8. The lowest BCUT2D eigenvalue weighted by Gasteiger charge is -2.29. The molecule has 1 saturated heterocycles. The number of para-hydroxylation sites is 1. The number of fused-ring (bicyclic) bond motifs is 1. The number of hydrogen-bond acceptors (Lipinski definition) is 4. The second kappa shape index (κ2) is 8.73. The van der Waals surface area contributed by atoms with Crippen LogP contribution in [0.25, 0.3) is 0 Å². The van der Waals surface area contributed by atoms with Crippen LogP contribution in [-0.2, 0) is 27.8 Å². The van der Waals surface area contributed by atoms with Crippen molar-refractivity contribution in [2.45, 2.75) is 50.0 Å². The summed E-state index contributed by atoms with van der Waals surface area (Å²) in [5, 5.41) is 0. The monoisotopic (exact) mass is 429 g/mol. The van der Waals surface area contributed by atoms with Gasteiger partial charge in [-0.2, -0.15) is 4.31 Å². The zero-order chi connectivity index (χ0) is 21.1. The molecule has 0 aliphatic carbocycles. The molecular weight excluding hydrogens is 402 g/mol. The maximum absolute atomic E-state index is 13.1. The molecule has 1 fully saturated rings. The van der Waals surface area contributed by atoms with E-state index < -0.39 is 15.6 Å². The van der Waals surface area contributed by atoms with E-state index in [1.165, 1.54) is 27.2 Å². The Morgan fingerprint density at radius 2 is 1.63 bits per heavy atom. The molecule has 30 heavy (non-hydrogen) atoms. The van der Waals surface area contributed by atoms with Gasteiger partial charge in [-0.05, 0) is 49.4 Å². The third-order valence-electron chi connectivity index (χ3n) is 5.89. The predicted molar refractivity (Wildman–Crippen MR) is 115 cm³/mol. The summed E-state index contributed by atoms with van der Waals surface area (Å²) in [6, 6.07) is 10.6. The molecular formula is C22H27N3O4S. The Bertz CT molecular complexity index is 1090. The molecule has 0 atom stereocenters. The third kappa shape index (κ3) is 4.06. The van der Waals surface area contributed by atoms with Gasteiger partial charge in [0.1, 0.15) is 11.4 Å². The molecule has 0 bridgehead atoms. The normalized spacial score (nSPS) is 17.9. The van der Waals surface area contributed by atoms with Crippen molar-refractivity contribution in [1.82, 2.24) is 8.87 Å². The number of aromatic nitrogens is 1. The fourth-order valence-corrected chi connectivity index (χ4v) is 5.89. The third-order valence-corrected chi connectivity index (χ3v) is 7.80. The highest BCUT2D eigenvalue weighted by Gasteiger charge is 2.29. The molecule has 7 nitrogen and oxygen atoms in total. The molecule has 1 aromatic carbocycles. The van der Waals surface area contributed by atoms with Crippen LogP contribution in [0, 0.1) is 0 Å². The first-order chi connectivity index (χ1) is 14.5. The summed E-state index contributed by atoms with van der Waals surface area (Å²) in [5.41, 5.74) is 1.34. The quantitative estimate of drug-likeness (QED) is 0.748. The van der Waals surface area contributed by atoms with Crippen molar-refractivity contribution in [3.63, 3.8) is 0 Å². The van der Waals surface area contributed by atoms with Gasteiger partial charge in [0.2, 0.25) is 15.9 Å². The van der Waals surface area contributed by atoms with Gasteiger partial charge >= 0.3 is 0 Å². The highest BCUT2D eigenvalue weighted by molar-refractivity contribution is 7.89. The minimum Gasteiger partial charge on any atom is -0.311 e. The van der Waals surface area contributed by atoms with Gasteiger partial charge in [0, 0.05) is 31.5 Å². The summed E-state index contributed by atoms with van der Waals surface area (Å²) >= 11 is 0. The largest absolute Gasteiger partial charge is 0.311 e. The van der Waals surface area contributed by atoms with Crippen LogP contribution in [-0.4, -0.2) is 42.8 Å². The van der Waals surface area contributed by atoms with E-state index in [0.717, 1.165) is 49.8 Å². The van der Waals surface area contributed by atoms with Crippen LogP contribution in [0.1, 0.15) is 37.7 Å². The number of hydrogen-bond donors (Lipinski definition) is 0. The topological polar surface area (TPSA) is 79.7 Å². The van der Waals surface area contributed by atoms with Crippen molar-refractivity contribution in [2.24, 2.45) is 0 Å². The molecule has 4 rings (SSSR count). The lowest BCUT2D eigenvalue weighted by molar-refractivity contribution is -0.119. The highest BCUT2D eigenvalue weighted by atomic mass is 32.2. The van der Waals surface area contributed by atoms with Crippen molar-refractivity contribution in [3.05, 3.63) is 58.5 Å². The number of amides is 1. The Labute approximate surface area is 177 Å². The van der Waals surface area contributed by atoms with Gasteiger partial charge in [0.05, 0.1) is 0 Å². The number of carbonyl (C=O) groups excluding carboxylic acids is 1. The molecule has 2 aliphatic heterocycles. The van der Waals surface area contributed by atoms with E-state index in [-0.39, 0.29) is 17.3 Å². The summed E-state index contributed by atoms with van der Waals surface area (Å²) in [5.74, 6) is -0.214. The summed E-state index contributed by atoms with van der Waals surface area (Å²) in [6.07, 6.45) is 6.86. The van der Waals surface area contributed by atoms with Crippen molar-refractivity contribution in [1.29, 1.82) is 0 Å².